The van der Waals surface area contributed by atoms with Crippen LogP contribution in [0.4, 0.5) is 11.4 Å². The van der Waals surface area contributed by atoms with E-state index >= 15 is 0 Å². The summed E-state index contributed by atoms with van der Waals surface area (Å²) in [7, 11) is -0.116. The number of sulfonamides is 1. The van der Waals surface area contributed by atoms with E-state index in [1.54, 1.807) is 12.1 Å². The van der Waals surface area contributed by atoms with Crippen molar-refractivity contribution < 1.29 is 23.1 Å². The monoisotopic (exact) mass is 377 g/mol. The maximum Gasteiger partial charge on any atom is 0.318 e. The third-order valence-corrected chi connectivity index (χ3v) is 4.90. The van der Waals surface area contributed by atoms with Crippen LogP contribution < -0.4 is 14.9 Å². The SMILES string of the molecule is CN(C)c1ccc(C(=O)Nc2ccc(S(=O)(=O)NCC(=O)O)cc2)cc1. The Labute approximate surface area is 151 Å². The highest BCUT2D eigenvalue weighted by atomic mass is 32.2. The zero-order valence-corrected chi connectivity index (χ0v) is 15.1. The molecule has 0 saturated heterocycles. The largest absolute Gasteiger partial charge is 0.480 e. The van der Waals surface area contributed by atoms with Gasteiger partial charge in [0.2, 0.25) is 10.0 Å². The lowest BCUT2D eigenvalue weighted by molar-refractivity contribution is -0.135. The Morgan fingerprint density at radius 3 is 2.08 bits per heavy atom. The van der Waals surface area contributed by atoms with Gasteiger partial charge in [0.15, 0.2) is 0 Å². The van der Waals surface area contributed by atoms with Gasteiger partial charge in [0.1, 0.15) is 6.54 Å². The summed E-state index contributed by atoms with van der Waals surface area (Å²) in [6, 6.07) is 12.5. The van der Waals surface area contributed by atoms with Crippen LogP contribution in [-0.2, 0) is 14.8 Å². The molecular formula is C17H19N3O5S. The minimum Gasteiger partial charge on any atom is -0.480 e. The lowest BCUT2D eigenvalue weighted by atomic mass is 10.2. The van der Waals surface area contributed by atoms with E-state index in [4.69, 9.17) is 5.11 Å². The number of carboxylic acids is 1. The van der Waals surface area contributed by atoms with Gasteiger partial charge >= 0.3 is 5.97 Å². The maximum atomic E-state index is 12.2. The number of aliphatic carboxylic acids is 1. The van der Waals surface area contributed by atoms with E-state index < -0.39 is 22.5 Å². The molecule has 0 heterocycles. The first-order valence-corrected chi connectivity index (χ1v) is 9.07. The molecule has 2 aromatic carbocycles. The van der Waals surface area contributed by atoms with Gasteiger partial charge in [0.25, 0.3) is 5.91 Å². The van der Waals surface area contributed by atoms with Crippen LogP contribution in [-0.4, -0.2) is 46.0 Å². The van der Waals surface area contributed by atoms with Crippen molar-refractivity contribution in [3.05, 3.63) is 54.1 Å². The summed E-state index contributed by atoms with van der Waals surface area (Å²) in [4.78, 5) is 24.5. The fraction of sp³-hybridized carbons (Fsp3) is 0.176. The van der Waals surface area contributed by atoms with Gasteiger partial charge in [-0.05, 0) is 48.5 Å². The topological polar surface area (TPSA) is 116 Å². The molecule has 0 fully saturated rings. The molecule has 0 aromatic heterocycles. The molecule has 26 heavy (non-hydrogen) atoms. The molecule has 0 aliphatic rings. The first-order chi connectivity index (χ1) is 12.2. The number of anilines is 2. The molecule has 0 unspecified atom stereocenters. The summed E-state index contributed by atoms with van der Waals surface area (Å²) in [5.41, 5.74) is 1.85. The van der Waals surface area contributed by atoms with Gasteiger partial charge in [-0.3, -0.25) is 9.59 Å². The van der Waals surface area contributed by atoms with Gasteiger partial charge < -0.3 is 15.3 Å². The van der Waals surface area contributed by atoms with Crippen molar-refractivity contribution in [3.63, 3.8) is 0 Å². The maximum absolute atomic E-state index is 12.2. The molecule has 0 saturated carbocycles. The van der Waals surface area contributed by atoms with E-state index in [2.05, 4.69) is 5.32 Å². The molecule has 0 atom stereocenters. The van der Waals surface area contributed by atoms with E-state index in [1.165, 1.54) is 24.3 Å². The van der Waals surface area contributed by atoms with Crippen molar-refractivity contribution >= 4 is 33.3 Å². The molecule has 2 aromatic rings. The molecule has 2 rings (SSSR count). The fourth-order valence-corrected chi connectivity index (χ4v) is 3.05. The van der Waals surface area contributed by atoms with Crippen LogP contribution in [0.3, 0.4) is 0 Å². The molecule has 0 radical (unpaired) electrons. The molecule has 3 N–H and O–H groups in total. The molecule has 9 heteroatoms. The van der Waals surface area contributed by atoms with E-state index in [0.717, 1.165) is 5.69 Å². The average molecular weight is 377 g/mol. The van der Waals surface area contributed by atoms with Crippen LogP contribution in [0.5, 0.6) is 0 Å². The number of hydrogen-bond acceptors (Lipinski definition) is 5. The van der Waals surface area contributed by atoms with Gasteiger partial charge in [-0.15, -0.1) is 0 Å². The highest BCUT2D eigenvalue weighted by Crippen LogP contribution is 2.16. The van der Waals surface area contributed by atoms with Crippen molar-refractivity contribution in [2.24, 2.45) is 0 Å². The highest BCUT2D eigenvalue weighted by molar-refractivity contribution is 7.89. The van der Waals surface area contributed by atoms with Crippen LogP contribution in [0.1, 0.15) is 10.4 Å². The Hall–Kier alpha value is -2.91. The van der Waals surface area contributed by atoms with Crippen LogP contribution >= 0.6 is 0 Å². The molecule has 0 spiro atoms. The number of carbonyl (C=O) groups excluding carboxylic acids is 1. The highest BCUT2D eigenvalue weighted by Gasteiger charge is 2.15. The predicted octanol–water partition coefficient (Wildman–Crippen LogP) is 1.37. The van der Waals surface area contributed by atoms with E-state index in [-0.39, 0.29) is 10.8 Å². The number of amides is 1. The summed E-state index contributed by atoms with van der Waals surface area (Å²) in [6.45, 7) is -0.705. The zero-order valence-electron chi connectivity index (χ0n) is 14.3. The summed E-state index contributed by atoms with van der Waals surface area (Å²) in [5, 5.41) is 11.2. The van der Waals surface area contributed by atoms with Crippen molar-refractivity contribution in [1.82, 2.24) is 4.72 Å². The Bertz CT molecular complexity index is 891. The number of rotatable bonds is 7. The third-order valence-electron chi connectivity index (χ3n) is 3.48. The second-order valence-corrected chi connectivity index (χ2v) is 7.41. The lowest BCUT2D eigenvalue weighted by Gasteiger charge is -2.12. The number of benzene rings is 2. The van der Waals surface area contributed by atoms with Gasteiger partial charge in [0.05, 0.1) is 4.90 Å². The molecular weight excluding hydrogens is 358 g/mol. The fourth-order valence-electron chi connectivity index (χ4n) is 2.07. The molecule has 0 aliphatic heterocycles. The quantitative estimate of drug-likeness (QED) is 0.671. The van der Waals surface area contributed by atoms with Gasteiger partial charge in [0, 0.05) is 31.0 Å². The Morgan fingerprint density at radius 2 is 1.58 bits per heavy atom. The Kier molecular flexibility index (Phi) is 5.96. The summed E-state index contributed by atoms with van der Waals surface area (Å²) in [6.07, 6.45) is 0. The minimum atomic E-state index is -3.91. The van der Waals surface area contributed by atoms with Crippen LogP contribution in [0.15, 0.2) is 53.4 Å². The molecule has 138 valence electrons. The van der Waals surface area contributed by atoms with Crippen LogP contribution in [0, 0.1) is 0 Å². The standard InChI is InChI=1S/C17H19N3O5S/c1-20(2)14-7-3-12(4-8-14)17(23)19-13-5-9-15(10-6-13)26(24,25)18-11-16(21)22/h3-10,18H,11H2,1-2H3,(H,19,23)(H,21,22). The second-order valence-electron chi connectivity index (χ2n) is 5.64. The number of carbonyl (C=O) groups is 2. The molecule has 0 aliphatic carbocycles. The number of hydrogen-bond donors (Lipinski definition) is 3. The Morgan fingerprint density at radius 1 is 1.00 bits per heavy atom. The van der Waals surface area contributed by atoms with E-state index in [1.807, 2.05) is 35.9 Å². The van der Waals surface area contributed by atoms with Crippen molar-refractivity contribution in [2.75, 3.05) is 30.9 Å². The van der Waals surface area contributed by atoms with Crippen molar-refractivity contribution in [3.8, 4) is 0 Å². The lowest BCUT2D eigenvalue weighted by Crippen LogP contribution is -2.29. The minimum absolute atomic E-state index is 0.0907. The van der Waals surface area contributed by atoms with Gasteiger partial charge in [-0.1, -0.05) is 0 Å². The van der Waals surface area contributed by atoms with E-state index in [9.17, 15) is 18.0 Å². The normalized spacial score (nSPS) is 11.0. The van der Waals surface area contributed by atoms with Gasteiger partial charge in [-0.25, -0.2) is 8.42 Å². The summed E-state index contributed by atoms with van der Waals surface area (Å²) >= 11 is 0. The summed E-state index contributed by atoms with van der Waals surface area (Å²) < 4.78 is 25.8. The van der Waals surface area contributed by atoms with Crippen molar-refractivity contribution in [1.29, 1.82) is 0 Å². The predicted molar refractivity (Wildman–Crippen MR) is 98.0 cm³/mol. The van der Waals surface area contributed by atoms with Crippen LogP contribution in [0.2, 0.25) is 0 Å². The first kappa shape index (κ1) is 19.4. The molecule has 8 nitrogen and oxygen atoms in total. The van der Waals surface area contributed by atoms with Crippen LogP contribution in [0.25, 0.3) is 0 Å². The second kappa shape index (κ2) is 7.98. The molecule has 0 bridgehead atoms. The van der Waals surface area contributed by atoms with E-state index in [0.29, 0.717) is 11.3 Å². The third kappa shape index (κ3) is 5.04. The number of carboxylic acid groups (broad SMARTS) is 1. The number of nitrogens with zero attached hydrogens (tertiary/aromatic N) is 1. The van der Waals surface area contributed by atoms with Crippen molar-refractivity contribution in [2.45, 2.75) is 4.90 Å². The molecule has 1 amide bonds. The number of nitrogens with one attached hydrogen (secondary N) is 2. The van der Waals surface area contributed by atoms with Gasteiger partial charge in [-0.2, -0.15) is 4.72 Å². The zero-order chi connectivity index (χ0) is 19.3. The smallest absolute Gasteiger partial charge is 0.318 e. The average Bonchev–Trinajstić information content (AvgIpc) is 2.60. The Balaban J connectivity index is 2.06. The summed E-state index contributed by atoms with van der Waals surface area (Å²) in [5.74, 6) is -1.60. The first-order valence-electron chi connectivity index (χ1n) is 7.59.